The van der Waals surface area contributed by atoms with Crippen LogP contribution in [0, 0.1) is 5.92 Å². The number of ether oxygens (including phenoxy) is 1. The van der Waals surface area contributed by atoms with Gasteiger partial charge in [0.2, 0.25) is 0 Å². The average molecular weight is 239 g/mol. The van der Waals surface area contributed by atoms with Crippen molar-refractivity contribution in [2.24, 2.45) is 5.92 Å². The van der Waals surface area contributed by atoms with E-state index >= 15 is 0 Å². The maximum absolute atomic E-state index is 11.8. The van der Waals surface area contributed by atoms with Gasteiger partial charge in [-0.3, -0.25) is 9.59 Å². The lowest BCUT2D eigenvalue weighted by molar-refractivity contribution is 0.0860. The molecule has 0 bridgehead atoms. The van der Waals surface area contributed by atoms with E-state index in [-0.39, 0.29) is 29.1 Å². The van der Waals surface area contributed by atoms with Gasteiger partial charge in [-0.25, -0.2) is 5.10 Å². The zero-order valence-electron chi connectivity index (χ0n) is 10.2. The van der Waals surface area contributed by atoms with Crippen LogP contribution in [0.15, 0.2) is 16.9 Å². The van der Waals surface area contributed by atoms with Crippen LogP contribution in [0.25, 0.3) is 0 Å². The second kappa shape index (κ2) is 6.15. The molecule has 1 aromatic rings. The molecule has 2 N–H and O–H groups in total. The topological polar surface area (TPSA) is 84.1 Å². The van der Waals surface area contributed by atoms with Crippen LogP contribution >= 0.6 is 0 Å². The Hall–Kier alpha value is -1.69. The molecule has 0 aromatic carbocycles. The van der Waals surface area contributed by atoms with Crippen molar-refractivity contribution in [2.75, 3.05) is 13.7 Å². The highest BCUT2D eigenvalue weighted by molar-refractivity contribution is 5.92. The number of nitrogens with one attached hydrogen (secondary N) is 2. The number of methoxy groups -OCH3 is 1. The van der Waals surface area contributed by atoms with E-state index in [4.69, 9.17) is 4.74 Å². The minimum absolute atomic E-state index is 0.0822. The molecular formula is C11H17N3O3. The van der Waals surface area contributed by atoms with E-state index in [2.05, 4.69) is 15.5 Å². The summed E-state index contributed by atoms with van der Waals surface area (Å²) in [5.74, 6) is -0.0707. The van der Waals surface area contributed by atoms with Crippen LogP contribution in [-0.4, -0.2) is 35.9 Å². The molecule has 0 fully saturated rings. The van der Waals surface area contributed by atoms with Crippen LogP contribution in [0.3, 0.4) is 0 Å². The summed E-state index contributed by atoms with van der Waals surface area (Å²) in [7, 11) is 1.58. The third-order valence-electron chi connectivity index (χ3n) is 2.38. The molecule has 94 valence electrons. The molecule has 17 heavy (non-hydrogen) atoms. The lowest BCUT2D eigenvalue weighted by Crippen LogP contribution is -2.42. The van der Waals surface area contributed by atoms with Gasteiger partial charge in [0, 0.05) is 13.2 Å². The summed E-state index contributed by atoms with van der Waals surface area (Å²) in [5, 5.41) is 8.68. The summed E-state index contributed by atoms with van der Waals surface area (Å²) < 4.78 is 5.03. The third-order valence-corrected chi connectivity index (χ3v) is 2.38. The van der Waals surface area contributed by atoms with Gasteiger partial charge in [-0.2, -0.15) is 5.10 Å². The first-order chi connectivity index (χ1) is 8.04. The van der Waals surface area contributed by atoms with Gasteiger partial charge in [0.05, 0.1) is 12.6 Å². The number of rotatable bonds is 5. The van der Waals surface area contributed by atoms with Gasteiger partial charge in [-0.1, -0.05) is 13.8 Å². The van der Waals surface area contributed by atoms with E-state index in [0.29, 0.717) is 6.61 Å². The van der Waals surface area contributed by atoms with E-state index in [1.807, 2.05) is 13.8 Å². The highest BCUT2D eigenvalue weighted by Gasteiger charge is 2.17. The number of nitrogens with zero attached hydrogens (tertiary/aromatic N) is 1. The summed E-state index contributed by atoms with van der Waals surface area (Å²) in [4.78, 5) is 22.6. The SMILES string of the molecule is COCC(NC(=O)c1ccc(=O)[nH]n1)C(C)C. The number of H-pyrrole nitrogens is 1. The molecule has 1 unspecified atom stereocenters. The Balaban J connectivity index is 2.70. The quantitative estimate of drug-likeness (QED) is 0.767. The van der Waals surface area contributed by atoms with Crippen molar-refractivity contribution in [1.29, 1.82) is 0 Å². The fourth-order valence-corrected chi connectivity index (χ4v) is 1.29. The maximum atomic E-state index is 11.8. The van der Waals surface area contributed by atoms with Crippen LogP contribution in [0.1, 0.15) is 24.3 Å². The van der Waals surface area contributed by atoms with Crippen LogP contribution in [-0.2, 0) is 4.74 Å². The summed E-state index contributed by atoms with van der Waals surface area (Å²) >= 11 is 0. The van der Waals surface area contributed by atoms with Crippen molar-refractivity contribution in [1.82, 2.24) is 15.5 Å². The summed E-state index contributed by atoms with van der Waals surface area (Å²) in [6, 6.07) is 2.57. The normalized spacial score (nSPS) is 12.5. The minimum Gasteiger partial charge on any atom is -0.383 e. The molecule has 0 saturated heterocycles. The standard InChI is InChI=1S/C11H17N3O3/c1-7(2)9(6-17-3)12-11(16)8-4-5-10(15)14-13-8/h4-5,7,9H,6H2,1-3H3,(H,12,16)(H,14,15). The Morgan fingerprint density at radius 1 is 1.53 bits per heavy atom. The van der Waals surface area contributed by atoms with Crippen LogP contribution < -0.4 is 10.9 Å². The molecule has 0 saturated carbocycles. The van der Waals surface area contributed by atoms with Crippen molar-refractivity contribution in [3.8, 4) is 0 Å². The number of amides is 1. The Labute approximate surface area is 99.4 Å². The monoisotopic (exact) mass is 239 g/mol. The zero-order valence-corrected chi connectivity index (χ0v) is 10.2. The Bertz CT molecular complexity index is 408. The third kappa shape index (κ3) is 3.99. The lowest BCUT2D eigenvalue weighted by Gasteiger charge is -2.21. The number of hydrogen-bond acceptors (Lipinski definition) is 4. The van der Waals surface area contributed by atoms with Crippen molar-refractivity contribution < 1.29 is 9.53 Å². The van der Waals surface area contributed by atoms with Gasteiger partial charge in [0.1, 0.15) is 5.69 Å². The molecule has 0 aliphatic carbocycles. The number of carbonyl (C=O) groups is 1. The minimum atomic E-state index is -0.334. The van der Waals surface area contributed by atoms with Gasteiger partial charge in [0.25, 0.3) is 11.5 Å². The highest BCUT2D eigenvalue weighted by atomic mass is 16.5. The molecule has 1 heterocycles. The molecule has 0 spiro atoms. The molecule has 0 aliphatic heterocycles. The largest absolute Gasteiger partial charge is 0.383 e. The summed E-state index contributed by atoms with van der Waals surface area (Å²) in [6.45, 7) is 4.42. The van der Waals surface area contributed by atoms with Gasteiger partial charge >= 0.3 is 0 Å². The smallest absolute Gasteiger partial charge is 0.272 e. The van der Waals surface area contributed by atoms with Crippen molar-refractivity contribution in [2.45, 2.75) is 19.9 Å². The Kier molecular flexibility index (Phi) is 4.84. The molecule has 0 radical (unpaired) electrons. The summed E-state index contributed by atoms with van der Waals surface area (Å²) in [6.07, 6.45) is 0. The van der Waals surface area contributed by atoms with Gasteiger partial charge < -0.3 is 10.1 Å². The Morgan fingerprint density at radius 2 is 2.24 bits per heavy atom. The second-order valence-corrected chi connectivity index (χ2v) is 4.09. The van der Waals surface area contributed by atoms with Crippen LogP contribution in [0.2, 0.25) is 0 Å². The molecule has 1 atom stereocenters. The molecule has 1 amide bonds. The zero-order chi connectivity index (χ0) is 12.8. The van der Waals surface area contributed by atoms with E-state index < -0.39 is 0 Å². The maximum Gasteiger partial charge on any atom is 0.272 e. The van der Waals surface area contributed by atoms with E-state index in [9.17, 15) is 9.59 Å². The molecule has 1 aromatic heterocycles. The molecule has 1 rings (SSSR count). The first-order valence-corrected chi connectivity index (χ1v) is 5.40. The average Bonchev–Trinajstić information content (AvgIpc) is 2.29. The number of carbonyl (C=O) groups excluding carboxylic acids is 1. The molecule has 0 aliphatic rings. The van der Waals surface area contributed by atoms with Crippen molar-refractivity contribution in [3.63, 3.8) is 0 Å². The highest BCUT2D eigenvalue weighted by Crippen LogP contribution is 2.03. The summed E-state index contributed by atoms with van der Waals surface area (Å²) in [5.41, 5.74) is -0.148. The van der Waals surface area contributed by atoms with Crippen LogP contribution in [0.5, 0.6) is 0 Å². The first-order valence-electron chi connectivity index (χ1n) is 5.40. The molecule has 6 nitrogen and oxygen atoms in total. The van der Waals surface area contributed by atoms with Gasteiger partial charge in [-0.15, -0.1) is 0 Å². The van der Waals surface area contributed by atoms with Gasteiger partial charge in [-0.05, 0) is 12.0 Å². The fraction of sp³-hybridized carbons (Fsp3) is 0.545. The van der Waals surface area contributed by atoms with Crippen molar-refractivity contribution >= 4 is 5.91 Å². The second-order valence-electron chi connectivity index (χ2n) is 4.09. The van der Waals surface area contributed by atoms with E-state index in [0.717, 1.165) is 0 Å². The molecule has 6 heteroatoms. The van der Waals surface area contributed by atoms with E-state index in [1.54, 1.807) is 7.11 Å². The predicted molar refractivity (Wildman–Crippen MR) is 62.8 cm³/mol. The van der Waals surface area contributed by atoms with Gasteiger partial charge in [0.15, 0.2) is 0 Å². The van der Waals surface area contributed by atoms with Crippen molar-refractivity contribution in [3.05, 3.63) is 28.2 Å². The Morgan fingerprint density at radius 3 is 2.71 bits per heavy atom. The number of hydrogen-bond donors (Lipinski definition) is 2. The fourth-order valence-electron chi connectivity index (χ4n) is 1.29. The number of aromatic amines is 1. The molecular weight excluding hydrogens is 222 g/mol. The predicted octanol–water partition coefficient (Wildman–Crippen LogP) is 0.171. The van der Waals surface area contributed by atoms with Crippen LogP contribution in [0.4, 0.5) is 0 Å². The first kappa shape index (κ1) is 13.4. The lowest BCUT2D eigenvalue weighted by atomic mass is 10.1. The van der Waals surface area contributed by atoms with E-state index in [1.165, 1.54) is 12.1 Å². The number of aromatic nitrogens is 2.